The standard InChI is InChI=1S/C18H20F2N4O3/c19-18(20)8-6-13(7-9-18)15(22-23-21)16(25)24-14(11-27-17(24)26)10-12-4-2-1-3-5-12/h1-5,13-15H,6-11H2/t14-,15-/m0/s1. The van der Waals surface area contributed by atoms with E-state index in [2.05, 4.69) is 10.0 Å². The van der Waals surface area contributed by atoms with Gasteiger partial charge >= 0.3 is 6.09 Å². The second kappa shape index (κ2) is 7.92. The smallest absolute Gasteiger partial charge is 0.416 e. The fourth-order valence-corrected chi connectivity index (χ4v) is 3.69. The molecule has 2 amide bonds. The molecule has 1 heterocycles. The molecule has 0 aromatic heterocycles. The summed E-state index contributed by atoms with van der Waals surface area (Å²) in [7, 11) is 0. The van der Waals surface area contributed by atoms with Crippen LogP contribution >= 0.6 is 0 Å². The maximum Gasteiger partial charge on any atom is 0.416 e. The summed E-state index contributed by atoms with van der Waals surface area (Å²) in [4.78, 5) is 28.8. The zero-order valence-electron chi connectivity index (χ0n) is 14.6. The molecule has 0 spiro atoms. The van der Waals surface area contributed by atoms with E-state index in [-0.39, 0.29) is 32.3 Å². The Kier molecular flexibility index (Phi) is 5.60. The fraction of sp³-hybridized carbons (Fsp3) is 0.556. The number of halogens is 2. The Hall–Kier alpha value is -2.67. The number of hydrogen-bond acceptors (Lipinski definition) is 4. The lowest BCUT2D eigenvalue weighted by atomic mass is 9.81. The summed E-state index contributed by atoms with van der Waals surface area (Å²) in [6, 6.07) is 7.61. The Labute approximate surface area is 154 Å². The van der Waals surface area contributed by atoms with Crippen LogP contribution in [0, 0.1) is 5.92 Å². The van der Waals surface area contributed by atoms with E-state index in [0.29, 0.717) is 6.42 Å². The van der Waals surface area contributed by atoms with Gasteiger partial charge in [-0.05, 0) is 36.3 Å². The number of carbonyl (C=O) groups excluding carboxylic acids is 2. The van der Waals surface area contributed by atoms with Gasteiger partial charge in [-0.3, -0.25) is 4.79 Å². The molecule has 3 rings (SSSR count). The predicted molar refractivity (Wildman–Crippen MR) is 92.0 cm³/mol. The van der Waals surface area contributed by atoms with Gasteiger partial charge in [-0.15, -0.1) is 0 Å². The Balaban J connectivity index is 1.77. The summed E-state index contributed by atoms with van der Waals surface area (Å²) in [6.45, 7) is 0.0468. The van der Waals surface area contributed by atoms with Crippen LogP contribution in [0.25, 0.3) is 10.4 Å². The molecule has 1 saturated carbocycles. The highest BCUT2D eigenvalue weighted by Gasteiger charge is 2.45. The molecule has 0 radical (unpaired) electrons. The number of rotatable bonds is 5. The van der Waals surface area contributed by atoms with Crippen LogP contribution in [-0.2, 0) is 16.0 Å². The second-order valence-corrected chi connectivity index (χ2v) is 6.97. The van der Waals surface area contributed by atoms with E-state index in [0.717, 1.165) is 10.5 Å². The first-order valence-corrected chi connectivity index (χ1v) is 8.87. The largest absolute Gasteiger partial charge is 0.447 e. The van der Waals surface area contributed by atoms with Gasteiger partial charge < -0.3 is 4.74 Å². The molecule has 2 atom stereocenters. The number of imide groups is 1. The third kappa shape index (κ3) is 4.36. The van der Waals surface area contributed by atoms with E-state index >= 15 is 0 Å². The van der Waals surface area contributed by atoms with Crippen molar-refractivity contribution in [2.75, 3.05) is 6.61 Å². The van der Waals surface area contributed by atoms with Crippen LogP contribution in [-0.4, -0.2) is 41.5 Å². The number of azide groups is 1. The molecule has 27 heavy (non-hydrogen) atoms. The molecule has 144 valence electrons. The van der Waals surface area contributed by atoms with Crippen LogP contribution in [0.2, 0.25) is 0 Å². The van der Waals surface area contributed by atoms with Crippen molar-refractivity contribution in [3.8, 4) is 0 Å². The minimum atomic E-state index is -2.76. The van der Waals surface area contributed by atoms with E-state index in [1.54, 1.807) is 0 Å². The third-order valence-corrected chi connectivity index (χ3v) is 5.15. The molecular formula is C18H20F2N4O3. The number of nitrogens with zero attached hydrogens (tertiary/aromatic N) is 4. The molecular weight excluding hydrogens is 358 g/mol. The van der Waals surface area contributed by atoms with E-state index in [1.807, 2.05) is 30.3 Å². The van der Waals surface area contributed by atoms with Crippen LogP contribution in [0.15, 0.2) is 35.4 Å². The molecule has 2 aliphatic rings. The van der Waals surface area contributed by atoms with E-state index < -0.39 is 35.9 Å². The first-order chi connectivity index (χ1) is 12.9. The first-order valence-electron chi connectivity index (χ1n) is 8.87. The van der Waals surface area contributed by atoms with Gasteiger partial charge in [0.05, 0.1) is 6.04 Å². The van der Waals surface area contributed by atoms with Crippen molar-refractivity contribution >= 4 is 12.0 Å². The van der Waals surface area contributed by atoms with Gasteiger partial charge in [-0.25, -0.2) is 18.5 Å². The van der Waals surface area contributed by atoms with Crippen LogP contribution < -0.4 is 0 Å². The molecule has 0 bridgehead atoms. The Morgan fingerprint density at radius 1 is 1.33 bits per heavy atom. The van der Waals surface area contributed by atoms with Crippen LogP contribution in [0.3, 0.4) is 0 Å². The van der Waals surface area contributed by atoms with Gasteiger partial charge in [0.25, 0.3) is 0 Å². The average molecular weight is 378 g/mol. The lowest BCUT2D eigenvalue weighted by Gasteiger charge is -2.32. The van der Waals surface area contributed by atoms with E-state index in [4.69, 9.17) is 10.3 Å². The van der Waals surface area contributed by atoms with Crippen molar-refractivity contribution in [2.45, 2.75) is 50.1 Å². The molecule has 0 unspecified atom stereocenters. The topological polar surface area (TPSA) is 95.4 Å². The van der Waals surface area contributed by atoms with Crippen LogP contribution in [0.4, 0.5) is 13.6 Å². The first kappa shape index (κ1) is 19.1. The highest BCUT2D eigenvalue weighted by atomic mass is 19.3. The Morgan fingerprint density at radius 2 is 2.00 bits per heavy atom. The summed E-state index contributed by atoms with van der Waals surface area (Å²) >= 11 is 0. The molecule has 2 fully saturated rings. The van der Waals surface area contributed by atoms with E-state index in [1.165, 1.54) is 0 Å². The maximum absolute atomic E-state index is 13.4. The second-order valence-electron chi connectivity index (χ2n) is 6.97. The average Bonchev–Trinajstić information content (AvgIpc) is 3.01. The number of alkyl halides is 2. The summed E-state index contributed by atoms with van der Waals surface area (Å²) in [5.41, 5.74) is 9.78. The normalized spacial score (nSPS) is 23.4. The number of cyclic esters (lactones) is 1. The molecule has 1 aromatic rings. The van der Waals surface area contributed by atoms with Crippen molar-refractivity contribution in [3.05, 3.63) is 46.3 Å². The number of amides is 2. The minimum Gasteiger partial charge on any atom is -0.447 e. The highest BCUT2D eigenvalue weighted by Crippen LogP contribution is 2.39. The molecule has 1 aliphatic heterocycles. The monoisotopic (exact) mass is 378 g/mol. The van der Waals surface area contributed by atoms with Gasteiger partial charge in [0.2, 0.25) is 11.8 Å². The Morgan fingerprint density at radius 3 is 2.63 bits per heavy atom. The number of ether oxygens (including phenoxy) is 1. The van der Waals surface area contributed by atoms with Crippen LogP contribution in [0.5, 0.6) is 0 Å². The summed E-state index contributed by atoms with van der Waals surface area (Å²) in [5, 5.41) is 3.55. The minimum absolute atomic E-state index is 0.0468. The maximum atomic E-state index is 13.4. The number of carbonyl (C=O) groups is 2. The number of benzene rings is 1. The zero-order chi connectivity index (χ0) is 19.4. The molecule has 0 N–H and O–H groups in total. The molecule has 1 saturated heterocycles. The van der Waals surface area contributed by atoms with Crippen molar-refractivity contribution < 1.29 is 23.1 Å². The van der Waals surface area contributed by atoms with Crippen molar-refractivity contribution in [1.29, 1.82) is 0 Å². The zero-order valence-corrected chi connectivity index (χ0v) is 14.6. The summed E-state index contributed by atoms with van der Waals surface area (Å²) in [5.74, 6) is -3.95. The summed E-state index contributed by atoms with van der Waals surface area (Å²) in [6.07, 6.45) is -0.978. The lowest BCUT2D eigenvalue weighted by molar-refractivity contribution is -0.133. The quantitative estimate of drug-likeness (QED) is 0.439. The van der Waals surface area contributed by atoms with Crippen molar-refractivity contribution in [3.63, 3.8) is 0 Å². The van der Waals surface area contributed by atoms with Crippen LogP contribution in [0.1, 0.15) is 31.2 Å². The molecule has 7 nitrogen and oxygen atoms in total. The Bertz CT molecular complexity index is 742. The van der Waals surface area contributed by atoms with Gasteiger partial charge in [0.15, 0.2) is 0 Å². The van der Waals surface area contributed by atoms with E-state index in [9.17, 15) is 18.4 Å². The molecule has 1 aromatic carbocycles. The molecule has 1 aliphatic carbocycles. The van der Waals surface area contributed by atoms with Crippen molar-refractivity contribution in [2.24, 2.45) is 11.0 Å². The SMILES string of the molecule is [N-]=[N+]=N[C@H](C(=O)N1C(=O)OC[C@@H]1Cc1ccccc1)C1CCC(F)(F)CC1. The predicted octanol–water partition coefficient (Wildman–Crippen LogP) is 4.08. The van der Waals surface area contributed by atoms with Gasteiger partial charge in [-0.2, -0.15) is 0 Å². The molecule has 9 heteroatoms. The fourth-order valence-electron chi connectivity index (χ4n) is 3.69. The van der Waals surface area contributed by atoms with Crippen molar-refractivity contribution in [1.82, 2.24) is 4.90 Å². The van der Waals surface area contributed by atoms with Gasteiger partial charge in [0, 0.05) is 17.8 Å². The third-order valence-electron chi connectivity index (χ3n) is 5.15. The highest BCUT2D eigenvalue weighted by molar-refractivity contribution is 5.96. The summed E-state index contributed by atoms with van der Waals surface area (Å²) < 4.78 is 31.9. The van der Waals surface area contributed by atoms with Gasteiger partial charge in [-0.1, -0.05) is 35.4 Å². The van der Waals surface area contributed by atoms with Gasteiger partial charge in [0.1, 0.15) is 12.6 Å². The number of hydrogen-bond donors (Lipinski definition) is 0. The lowest BCUT2D eigenvalue weighted by Crippen LogP contribution is -2.48.